The summed E-state index contributed by atoms with van der Waals surface area (Å²) in [6.07, 6.45) is 1.42. The SMILES string of the molecule is CCOc1ccc(N2C(=O)NC(=O)/C(=C/c3cc(Br)c(OCc4ccccc4)c(OCC)c3)C2=O)cc1. The lowest BCUT2D eigenvalue weighted by molar-refractivity contribution is -0.122. The molecule has 1 aliphatic rings. The van der Waals surface area contributed by atoms with Crippen molar-refractivity contribution in [2.45, 2.75) is 20.5 Å². The van der Waals surface area contributed by atoms with Gasteiger partial charge in [-0.25, -0.2) is 9.69 Å². The molecule has 0 aliphatic carbocycles. The van der Waals surface area contributed by atoms with Crippen molar-refractivity contribution in [1.29, 1.82) is 0 Å². The molecule has 1 heterocycles. The first-order valence-corrected chi connectivity index (χ1v) is 12.5. The molecule has 4 rings (SSSR count). The van der Waals surface area contributed by atoms with Crippen LogP contribution in [0.4, 0.5) is 10.5 Å². The molecule has 4 amide bonds. The number of carbonyl (C=O) groups is 3. The zero-order valence-corrected chi connectivity index (χ0v) is 21.9. The first kappa shape index (κ1) is 26.0. The number of barbiturate groups is 1. The zero-order valence-electron chi connectivity index (χ0n) is 20.3. The Kier molecular flexibility index (Phi) is 8.25. The molecule has 3 aromatic rings. The number of halogens is 1. The van der Waals surface area contributed by atoms with Crippen molar-refractivity contribution in [3.63, 3.8) is 0 Å². The van der Waals surface area contributed by atoms with E-state index in [1.165, 1.54) is 6.08 Å². The number of benzene rings is 3. The van der Waals surface area contributed by atoms with E-state index < -0.39 is 17.8 Å². The van der Waals surface area contributed by atoms with Crippen LogP contribution in [0.25, 0.3) is 6.08 Å². The van der Waals surface area contributed by atoms with Gasteiger partial charge in [-0.05, 0) is 83.4 Å². The number of nitrogens with one attached hydrogen (secondary N) is 1. The Hall–Kier alpha value is -4.11. The average Bonchev–Trinajstić information content (AvgIpc) is 2.88. The summed E-state index contributed by atoms with van der Waals surface area (Å²) >= 11 is 3.52. The van der Waals surface area contributed by atoms with Crippen molar-refractivity contribution in [2.24, 2.45) is 0 Å². The van der Waals surface area contributed by atoms with Gasteiger partial charge in [0, 0.05) is 0 Å². The van der Waals surface area contributed by atoms with Crippen LogP contribution in [0.1, 0.15) is 25.0 Å². The lowest BCUT2D eigenvalue weighted by Crippen LogP contribution is -2.54. The molecule has 1 aliphatic heterocycles. The molecule has 190 valence electrons. The third-order valence-corrected chi connectivity index (χ3v) is 5.97. The number of amides is 4. The Morgan fingerprint density at radius 2 is 1.59 bits per heavy atom. The molecule has 0 saturated carbocycles. The summed E-state index contributed by atoms with van der Waals surface area (Å²) in [7, 11) is 0. The number of imide groups is 2. The quantitative estimate of drug-likeness (QED) is 0.273. The van der Waals surface area contributed by atoms with Gasteiger partial charge in [0.2, 0.25) is 0 Å². The fourth-order valence-corrected chi connectivity index (χ4v) is 4.29. The normalized spacial score (nSPS) is 14.5. The third-order valence-electron chi connectivity index (χ3n) is 5.38. The molecule has 0 unspecified atom stereocenters. The minimum Gasteiger partial charge on any atom is -0.494 e. The van der Waals surface area contributed by atoms with E-state index in [1.807, 2.05) is 44.2 Å². The van der Waals surface area contributed by atoms with Crippen LogP contribution in [-0.4, -0.2) is 31.1 Å². The largest absolute Gasteiger partial charge is 0.494 e. The molecular formula is C28H25BrN2O6. The maximum atomic E-state index is 13.3. The number of urea groups is 1. The highest BCUT2D eigenvalue weighted by Crippen LogP contribution is 2.38. The van der Waals surface area contributed by atoms with Gasteiger partial charge >= 0.3 is 6.03 Å². The van der Waals surface area contributed by atoms with Crippen LogP contribution in [0.3, 0.4) is 0 Å². The first-order valence-electron chi connectivity index (χ1n) is 11.7. The van der Waals surface area contributed by atoms with Crippen LogP contribution < -0.4 is 24.4 Å². The van der Waals surface area contributed by atoms with Crippen LogP contribution in [0, 0.1) is 0 Å². The Bertz CT molecular complexity index is 1340. The van der Waals surface area contributed by atoms with Gasteiger partial charge in [0.1, 0.15) is 17.9 Å². The molecule has 8 nitrogen and oxygen atoms in total. The standard InChI is InChI=1S/C28H25BrN2O6/c1-3-35-21-12-10-20(11-13-21)31-27(33)22(26(32)30-28(31)34)14-19-15-23(29)25(24(16-19)36-4-2)37-17-18-8-6-5-7-9-18/h5-16H,3-4,17H2,1-2H3,(H,30,32,34)/b22-14-. The number of ether oxygens (including phenoxy) is 3. The smallest absolute Gasteiger partial charge is 0.335 e. The fourth-order valence-electron chi connectivity index (χ4n) is 3.72. The molecule has 1 saturated heterocycles. The highest BCUT2D eigenvalue weighted by molar-refractivity contribution is 9.10. The number of rotatable bonds is 9. The lowest BCUT2D eigenvalue weighted by Gasteiger charge is -2.26. The maximum absolute atomic E-state index is 13.3. The number of carbonyl (C=O) groups excluding carboxylic acids is 3. The second-order valence-electron chi connectivity index (χ2n) is 7.92. The van der Waals surface area contributed by atoms with Crippen molar-refractivity contribution < 1.29 is 28.6 Å². The summed E-state index contributed by atoms with van der Waals surface area (Å²) in [6.45, 7) is 4.90. The minimum absolute atomic E-state index is 0.194. The summed E-state index contributed by atoms with van der Waals surface area (Å²) in [5.41, 5.74) is 1.62. The molecule has 0 atom stereocenters. The Labute approximate surface area is 223 Å². The van der Waals surface area contributed by atoms with Gasteiger partial charge < -0.3 is 14.2 Å². The van der Waals surface area contributed by atoms with Crippen molar-refractivity contribution >= 4 is 45.5 Å². The first-order chi connectivity index (χ1) is 17.9. The monoisotopic (exact) mass is 564 g/mol. The van der Waals surface area contributed by atoms with Crippen molar-refractivity contribution in [3.05, 3.63) is 87.9 Å². The summed E-state index contributed by atoms with van der Waals surface area (Å²) in [6, 6.07) is 18.7. The van der Waals surface area contributed by atoms with Crippen molar-refractivity contribution in [2.75, 3.05) is 18.1 Å². The summed E-state index contributed by atoms with van der Waals surface area (Å²) < 4.78 is 17.8. The van der Waals surface area contributed by atoms with Gasteiger partial charge in [-0.1, -0.05) is 30.3 Å². The molecular weight excluding hydrogens is 540 g/mol. The topological polar surface area (TPSA) is 94.2 Å². The lowest BCUT2D eigenvalue weighted by atomic mass is 10.1. The van der Waals surface area contributed by atoms with Gasteiger partial charge in [0.05, 0.1) is 23.4 Å². The number of nitrogens with zero attached hydrogens (tertiary/aromatic N) is 1. The third kappa shape index (κ3) is 6.00. The van der Waals surface area contributed by atoms with Crippen molar-refractivity contribution in [1.82, 2.24) is 5.32 Å². The van der Waals surface area contributed by atoms with Gasteiger partial charge in [0.25, 0.3) is 11.8 Å². The van der Waals surface area contributed by atoms with E-state index in [4.69, 9.17) is 14.2 Å². The maximum Gasteiger partial charge on any atom is 0.335 e. The second-order valence-corrected chi connectivity index (χ2v) is 8.78. The van der Waals surface area contributed by atoms with E-state index >= 15 is 0 Å². The molecule has 0 spiro atoms. The number of anilines is 1. The zero-order chi connectivity index (χ0) is 26.4. The molecule has 0 aromatic heterocycles. The van der Waals surface area contributed by atoms with Gasteiger partial charge in [-0.15, -0.1) is 0 Å². The van der Waals surface area contributed by atoms with E-state index in [2.05, 4.69) is 21.2 Å². The van der Waals surface area contributed by atoms with Crippen LogP contribution in [0.15, 0.2) is 76.8 Å². The van der Waals surface area contributed by atoms with Gasteiger partial charge in [-0.3, -0.25) is 14.9 Å². The van der Waals surface area contributed by atoms with E-state index in [9.17, 15) is 14.4 Å². The average molecular weight is 565 g/mol. The highest BCUT2D eigenvalue weighted by atomic mass is 79.9. The molecule has 1 fully saturated rings. The van der Waals surface area contributed by atoms with Crippen molar-refractivity contribution in [3.8, 4) is 17.2 Å². The summed E-state index contributed by atoms with van der Waals surface area (Å²) in [5, 5.41) is 2.23. The number of hydrogen-bond donors (Lipinski definition) is 1. The highest BCUT2D eigenvalue weighted by Gasteiger charge is 2.37. The number of hydrogen-bond acceptors (Lipinski definition) is 6. The van der Waals surface area contributed by atoms with Gasteiger partial charge in [0.15, 0.2) is 11.5 Å². The summed E-state index contributed by atoms with van der Waals surface area (Å²) in [4.78, 5) is 39.3. The van der Waals surface area contributed by atoms with E-state index in [0.29, 0.717) is 52.8 Å². The van der Waals surface area contributed by atoms with Crippen LogP contribution >= 0.6 is 15.9 Å². The summed E-state index contributed by atoms with van der Waals surface area (Å²) in [5.74, 6) is 0.0270. The molecule has 0 bridgehead atoms. The van der Waals surface area contributed by atoms with E-state index in [-0.39, 0.29) is 5.57 Å². The molecule has 3 aromatic carbocycles. The van der Waals surface area contributed by atoms with Gasteiger partial charge in [-0.2, -0.15) is 0 Å². The van der Waals surface area contributed by atoms with E-state index in [1.54, 1.807) is 36.4 Å². The Morgan fingerprint density at radius 3 is 2.27 bits per heavy atom. The molecule has 9 heteroatoms. The Morgan fingerprint density at radius 1 is 0.892 bits per heavy atom. The van der Waals surface area contributed by atoms with Crippen LogP contribution in [0.5, 0.6) is 17.2 Å². The molecule has 0 radical (unpaired) electrons. The molecule has 1 N–H and O–H groups in total. The minimum atomic E-state index is -0.822. The fraction of sp³-hybridized carbons (Fsp3) is 0.179. The van der Waals surface area contributed by atoms with E-state index in [0.717, 1.165) is 10.5 Å². The molecule has 37 heavy (non-hydrogen) atoms. The predicted molar refractivity (Wildman–Crippen MR) is 143 cm³/mol. The van der Waals surface area contributed by atoms with Crippen LogP contribution in [-0.2, 0) is 16.2 Å². The predicted octanol–water partition coefficient (Wildman–Crippen LogP) is 5.49. The Balaban J connectivity index is 1.64. The second kappa shape index (κ2) is 11.7. The van der Waals surface area contributed by atoms with Crippen LogP contribution in [0.2, 0.25) is 0 Å².